The van der Waals surface area contributed by atoms with Crippen LogP contribution in [0.5, 0.6) is 0 Å². The van der Waals surface area contributed by atoms with Crippen molar-refractivity contribution in [2.75, 3.05) is 6.61 Å². The molecule has 1 saturated carbocycles. The molecule has 3 fully saturated rings. The monoisotopic (exact) mass is 270 g/mol. The smallest absolute Gasteiger partial charge is 0.187 e. The summed E-state index contributed by atoms with van der Waals surface area (Å²) in [7, 11) is 0. The van der Waals surface area contributed by atoms with Crippen molar-refractivity contribution < 1.29 is 19.3 Å². The van der Waals surface area contributed by atoms with Gasteiger partial charge < -0.3 is 19.3 Å². The fraction of sp³-hybridized carbons (Fsp3) is 1.00. The first-order chi connectivity index (χ1) is 8.81. The molecule has 110 valence electrons. The van der Waals surface area contributed by atoms with Gasteiger partial charge in [-0.25, -0.2) is 0 Å². The van der Waals surface area contributed by atoms with Crippen molar-refractivity contribution in [3.05, 3.63) is 0 Å². The van der Waals surface area contributed by atoms with Gasteiger partial charge in [0.05, 0.1) is 12.7 Å². The molecule has 0 aromatic heterocycles. The average molecular weight is 270 g/mol. The van der Waals surface area contributed by atoms with Crippen LogP contribution >= 0.6 is 0 Å². The Labute approximate surface area is 115 Å². The predicted octanol–water partition coefficient (Wildman–Crippen LogP) is 2.30. The van der Waals surface area contributed by atoms with Gasteiger partial charge in [-0.3, -0.25) is 0 Å². The van der Waals surface area contributed by atoms with Gasteiger partial charge in [-0.15, -0.1) is 0 Å². The lowest BCUT2D eigenvalue weighted by atomic mass is 9.85. The zero-order valence-corrected chi connectivity index (χ0v) is 12.4. The quantitative estimate of drug-likeness (QED) is 0.836. The van der Waals surface area contributed by atoms with E-state index in [1.54, 1.807) is 0 Å². The molecule has 2 aliphatic heterocycles. The van der Waals surface area contributed by atoms with E-state index in [0.29, 0.717) is 11.3 Å². The second-order valence-corrected chi connectivity index (χ2v) is 7.58. The number of ether oxygens (including phenoxy) is 3. The Bertz CT molecular complexity index is 352. The third-order valence-corrected chi connectivity index (χ3v) is 4.91. The van der Waals surface area contributed by atoms with Crippen molar-refractivity contribution >= 4 is 0 Å². The first-order valence-electron chi connectivity index (χ1n) is 7.43. The molecule has 0 spiro atoms. The van der Waals surface area contributed by atoms with Crippen LogP contribution in [0, 0.1) is 17.3 Å². The van der Waals surface area contributed by atoms with Crippen LogP contribution in [0.15, 0.2) is 0 Å². The molecule has 5 atom stereocenters. The van der Waals surface area contributed by atoms with Gasteiger partial charge >= 0.3 is 0 Å². The topological polar surface area (TPSA) is 47.9 Å². The van der Waals surface area contributed by atoms with E-state index in [-0.39, 0.29) is 31.0 Å². The highest BCUT2D eigenvalue weighted by Crippen LogP contribution is 2.49. The summed E-state index contributed by atoms with van der Waals surface area (Å²) in [4.78, 5) is 0. The maximum Gasteiger partial charge on any atom is 0.187 e. The molecule has 3 rings (SSSR count). The molecular weight excluding hydrogens is 244 g/mol. The van der Waals surface area contributed by atoms with Crippen LogP contribution in [-0.4, -0.2) is 36.0 Å². The molecule has 2 saturated heterocycles. The molecule has 4 nitrogen and oxygen atoms in total. The lowest BCUT2D eigenvalue weighted by Crippen LogP contribution is -2.35. The third-order valence-electron chi connectivity index (χ3n) is 4.91. The minimum atomic E-state index is -0.595. The first-order valence-corrected chi connectivity index (χ1v) is 7.43. The Kier molecular flexibility index (Phi) is 3.21. The van der Waals surface area contributed by atoms with E-state index in [2.05, 4.69) is 13.8 Å². The number of rotatable bonds is 2. The summed E-state index contributed by atoms with van der Waals surface area (Å²) in [5, 5.41) is 9.73. The van der Waals surface area contributed by atoms with E-state index in [9.17, 15) is 5.11 Å². The number of hydrogen-bond acceptors (Lipinski definition) is 4. The Hall–Kier alpha value is -0.160. The summed E-state index contributed by atoms with van der Waals surface area (Å²) in [5.41, 5.74) is 0.396. The molecule has 0 amide bonds. The van der Waals surface area contributed by atoms with Crippen LogP contribution in [0.25, 0.3) is 0 Å². The van der Waals surface area contributed by atoms with Gasteiger partial charge in [-0.2, -0.15) is 0 Å². The van der Waals surface area contributed by atoms with Gasteiger partial charge in [0.15, 0.2) is 12.1 Å². The zero-order chi connectivity index (χ0) is 13.8. The number of fused-ring (bicyclic) bond motifs is 1. The maximum atomic E-state index is 9.73. The second-order valence-electron chi connectivity index (χ2n) is 7.58. The molecule has 4 unspecified atom stereocenters. The highest BCUT2D eigenvalue weighted by Gasteiger charge is 2.56. The molecule has 0 radical (unpaired) electrons. The SMILES string of the molecule is CC1(C)CCC([C@H]2OC3OC(C)(C)OC3C2CO)C1. The molecule has 0 bridgehead atoms. The van der Waals surface area contributed by atoms with Crippen LogP contribution in [-0.2, 0) is 14.2 Å². The van der Waals surface area contributed by atoms with Crippen molar-refractivity contribution in [1.82, 2.24) is 0 Å². The van der Waals surface area contributed by atoms with Gasteiger partial charge in [0.2, 0.25) is 0 Å². The summed E-state index contributed by atoms with van der Waals surface area (Å²) >= 11 is 0. The van der Waals surface area contributed by atoms with E-state index in [4.69, 9.17) is 14.2 Å². The van der Waals surface area contributed by atoms with Gasteiger partial charge in [0.1, 0.15) is 6.10 Å². The molecule has 1 N–H and O–H groups in total. The molecule has 0 aromatic carbocycles. The molecule has 19 heavy (non-hydrogen) atoms. The van der Waals surface area contributed by atoms with E-state index in [1.807, 2.05) is 13.8 Å². The van der Waals surface area contributed by atoms with Gasteiger partial charge in [-0.05, 0) is 44.4 Å². The van der Waals surface area contributed by atoms with Crippen molar-refractivity contribution in [1.29, 1.82) is 0 Å². The van der Waals surface area contributed by atoms with E-state index in [0.717, 1.165) is 6.42 Å². The molecule has 1 aliphatic carbocycles. The average Bonchev–Trinajstić information content (AvgIpc) is 2.87. The van der Waals surface area contributed by atoms with E-state index in [1.165, 1.54) is 12.8 Å². The van der Waals surface area contributed by atoms with Crippen molar-refractivity contribution in [2.45, 2.75) is 71.2 Å². The van der Waals surface area contributed by atoms with Gasteiger partial charge in [0, 0.05) is 5.92 Å². The molecule has 4 heteroatoms. The molecule has 0 aromatic rings. The lowest BCUT2D eigenvalue weighted by Gasteiger charge is -2.29. The Morgan fingerprint density at radius 3 is 2.42 bits per heavy atom. The molecular formula is C15H26O4. The van der Waals surface area contributed by atoms with Crippen LogP contribution in [0.2, 0.25) is 0 Å². The zero-order valence-electron chi connectivity index (χ0n) is 12.4. The minimum absolute atomic E-state index is 0.0469. The van der Waals surface area contributed by atoms with Crippen molar-refractivity contribution in [3.63, 3.8) is 0 Å². The Morgan fingerprint density at radius 2 is 1.84 bits per heavy atom. The highest BCUT2D eigenvalue weighted by atomic mass is 16.8. The summed E-state index contributed by atoms with van der Waals surface area (Å²) in [6.07, 6.45) is 3.24. The van der Waals surface area contributed by atoms with Crippen molar-refractivity contribution in [2.24, 2.45) is 17.3 Å². The fourth-order valence-electron chi connectivity index (χ4n) is 4.03. The fourth-order valence-corrected chi connectivity index (χ4v) is 4.03. The van der Waals surface area contributed by atoms with Crippen LogP contribution in [0.1, 0.15) is 47.0 Å². The lowest BCUT2D eigenvalue weighted by molar-refractivity contribution is -0.217. The molecule has 2 heterocycles. The maximum absolute atomic E-state index is 9.73. The Balaban J connectivity index is 1.72. The van der Waals surface area contributed by atoms with E-state index < -0.39 is 5.79 Å². The number of aliphatic hydroxyl groups excluding tert-OH is 1. The summed E-state index contributed by atoms with van der Waals surface area (Å²) in [6, 6.07) is 0. The minimum Gasteiger partial charge on any atom is -0.396 e. The normalized spacial score (nSPS) is 47.5. The van der Waals surface area contributed by atoms with Crippen molar-refractivity contribution in [3.8, 4) is 0 Å². The standard InChI is InChI=1S/C15H26O4/c1-14(2)6-5-9(7-14)11-10(8-16)12-13(17-11)19-15(3,4)18-12/h9-13,16H,5-8H2,1-4H3/t9?,10?,11-,12?,13?/m1/s1. The van der Waals surface area contributed by atoms with Crippen LogP contribution < -0.4 is 0 Å². The van der Waals surface area contributed by atoms with Gasteiger partial charge in [0.25, 0.3) is 0 Å². The van der Waals surface area contributed by atoms with E-state index >= 15 is 0 Å². The first kappa shape index (κ1) is 13.8. The van der Waals surface area contributed by atoms with Crippen LogP contribution in [0.3, 0.4) is 0 Å². The summed E-state index contributed by atoms with van der Waals surface area (Å²) in [5.74, 6) is -0.0263. The summed E-state index contributed by atoms with van der Waals surface area (Å²) in [6.45, 7) is 8.54. The predicted molar refractivity (Wildman–Crippen MR) is 70.4 cm³/mol. The van der Waals surface area contributed by atoms with Crippen LogP contribution in [0.4, 0.5) is 0 Å². The summed E-state index contributed by atoms with van der Waals surface area (Å²) < 4.78 is 17.8. The van der Waals surface area contributed by atoms with Gasteiger partial charge in [-0.1, -0.05) is 13.8 Å². The largest absolute Gasteiger partial charge is 0.396 e. The number of aliphatic hydroxyl groups is 1. The molecule has 3 aliphatic rings. The number of hydrogen-bond donors (Lipinski definition) is 1. The Morgan fingerprint density at radius 1 is 1.11 bits per heavy atom. The highest BCUT2D eigenvalue weighted by molar-refractivity contribution is 4.98. The second kappa shape index (κ2) is 4.42. The third kappa shape index (κ3) is 2.44.